The van der Waals surface area contributed by atoms with Crippen LogP contribution >= 0.6 is 0 Å². The molecule has 2 atom stereocenters. The lowest BCUT2D eigenvalue weighted by molar-refractivity contribution is 0.119. The molecule has 9 heavy (non-hydrogen) atoms. The monoisotopic (exact) mass is 128 g/mol. The second-order valence-corrected chi connectivity index (χ2v) is 2.39. The zero-order chi connectivity index (χ0) is 6.69. The zero-order valence-electron chi connectivity index (χ0n) is 5.42. The van der Waals surface area contributed by atoms with E-state index in [1.165, 1.54) is 0 Å². The minimum Gasteiger partial charge on any atom is -0.390 e. The molecule has 1 aliphatic rings. The molecule has 0 radical (unpaired) electrons. The van der Waals surface area contributed by atoms with Crippen LogP contribution in [0.15, 0.2) is 12.7 Å². The topological polar surface area (TPSA) is 29.5 Å². The van der Waals surface area contributed by atoms with Crippen molar-refractivity contribution in [2.75, 3.05) is 13.2 Å². The predicted octanol–water partition coefficient (Wildman–Crippen LogP) is 0.570. The van der Waals surface area contributed by atoms with Gasteiger partial charge in [0.1, 0.15) is 0 Å². The predicted molar refractivity (Wildman–Crippen MR) is 35.1 cm³/mol. The van der Waals surface area contributed by atoms with Gasteiger partial charge < -0.3 is 9.84 Å². The van der Waals surface area contributed by atoms with Gasteiger partial charge in [0.05, 0.1) is 19.3 Å². The van der Waals surface area contributed by atoms with Gasteiger partial charge in [-0.2, -0.15) is 0 Å². The lowest BCUT2D eigenvalue weighted by atomic mass is 10.0. The first-order chi connectivity index (χ1) is 4.34. The van der Waals surface area contributed by atoms with Crippen LogP contribution in [0.2, 0.25) is 0 Å². The standard InChI is InChI=1S/C7H12O2/c1-2-3-6-4-9-5-7(6)8/h2,6-8H,1,3-5H2/t6-,7+/m0/s1. The average molecular weight is 128 g/mol. The number of ether oxygens (including phenoxy) is 1. The van der Waals surface area contributed by atoms with E-state index in [4.69, 9.17) is 9.84 Å². The van der Waals surface area contributed by atoms with Gasteiger partial charge in [-0.05, 0) is 6.42 Å². The molecule has 0 saturated carbocycles. The third-order valence-electron chi connectivity index (χ3n) is 1.63. The van der Waals surface area contributed by atoms with Gasteiger partial charge in [0, 0.05) is 5.92 Å². The quantitative estimate of drug-likeness (QED) is 0.551. The van der Waals surface area contributed by atoms with E-state index in [0.29, 0.717) is 19.1 Å². The van der Waals surface area contributed by atoms with Crippen LogP contribution in [0, 0.1) is 5.92 Å². The van der Waals surface area contributed by atoms with Gasteiger partial charge >= 0.3 is 0 Å². The van der Waals surface area contributed by atoms with Crippen LogP contribution in [0.3, 0.4) is 0 Å². The molecule has 0 amide bonds. The van der Waals surface area contributed by atoms with Gasteiger partial charge in [-0.15, -0.1) is 6.58 Å². The summed E-state index contributed by atoms with van der Waals surface area (Å²) in [6, 6.07) is 0. The summed E-state index contributed by atoms with van der Waals surface area (Å²) in [4.78, 5) is 0. The van der Waals surface area contributed by atoms with Gasteiger partial charge in [0.15, 0.2) is 0 Å². The number of aliphatic hydroxyl groups is 1. The molecule has 0 aromatic carbocycles. The number of hydrogen-bond donors (Lipinski definition) is 1. The van der Waals surface area contributed by atoms with Crippen LogP contribution in [-0.2, 0) is 4.74 Å². The van der Waals surface area contributed by atoms with Crippen molar-refractivity contribution in [2.45, 2.75) is 12.5 Å². The summed E-state index contributed by atoms with van der Waals surface area (Å²) in [6.45, 7) is 4.78. The molecule has 0 aliphatic carbocycles. The lowest BCUT2D eigenvalue weighted by Crippen LogP contribution is -2.16. The maximum absolute atomic E-state index is 9.15. The van der Waals surface area contributed by atoms with Crippen molar-refractivity contribution in [3.63, 3.8) is 0 Å². The van der Waals surface area contributed by atoms with E-state index in [1.807, 2.05) is 6.08 Å². The van der Waals surface area contributed by atoms with E-state index in [-0.39, 0.29) is 6.10 Å². The van der Waals surface area contributed by atoms with Crippen LogP contribution < -0.4 is 0 Å². The van der Waals surface area contributed by atoms with Crippen molar-refractivity contribution in [3.8, 4) is 0 Å². The molecular weight excluding hydrogens is 116 g/mol. The highest BCUT2D eigenvalue weighted by Gasteiger charge is 2.24. The fraction of sp³-hybridized carbons (Fsp3) is 0.714. The largest absolute Gasteiger partial charge is 0.390 e. The van der Waals surface area contributed by atoms with E-state index in [9.17, 15) is 0 Å². The van der Waals surface area contributed by atoms with E-state index in [1.54, 1.807) is 0 Å². The van der Waals surface area contributed by atoms with Gasteiger partial charge in [0.2, 0.25) is 0 Å². The highest BCUT2D eigenvalue weighted by molar-refractivity contribution is 4.81. The van der Waals surface area contributed by atoms with Gasteiger partial charge in [0.25, 0.3) is 0 Å². The molecule has 0 aromatic heterocycles. The summed E-state index contributed by atoms with van der Waals surface area (Å²) in [5.74, 6) is 0.294. The Balaban J connectivity index is 2.30. The summed E-state index contributed by atoms with van der Waals surface area (Å²) in [5, 5.41) is 9.15. The Bertz CT molecular complexity index is 101. The highest BCUT2D eigenvalue weighted by atomic mass is 16.5. The molecule has 0 aromatic rings. The molecule has 2 nitrogen and oxygen atoms in total. The fourth-order valence-electron chi connectivity index (χ4n) is 1.03. The molecule has 1 heterocycles. The normalized spacial score (nSPS) is 34.8. The van der Waals surface area contributed by atoms with Crippen molar-refractivity contribution in [3.05, 3.63) is 12.7 Å². The SMILES string of the molecule is C=CC[C@H]1COC[C@H]1O. The van der Waals surface area contributed by atoms with Crippen molar-refractivity contribution >= 4 is 0 Å². The Hall–Kier alpha value is -0.340. The summed E-state index contributed by atoms with van der Waals surface area (Å²) < 4.78 is 5.02. The Morgan fingerprint density at radius 2 is 2.44 bits per heavy atom. The van der Waals surface area contributed by atoms with Gasteiger partial charge in [-0.3, -0.25) is 0 Å². The van der Waals surface area contributed by atoms with Crippen LogP contribution in [0.1, 0.15) is 6.42 Å². The van der Waals surface area contributed by atoms with Crippen molar-refractivity contribution in [1.82, 2.24) is 0 Å². The average Bonchev–Trinajstić information content (AvgIpc) is 2.18. The van der Waals surface area contributed by atoms with Crippen molar-refractivity contribution in [1.29, 1.82) is 0 Å². The van der Waals surface area contributed by atoms with E-state index in [2.05, 4.69) is 6.58 Å². The maximum Gasteiger partial charge on any atom is 0.0826 e. The fourth-order valence-corrected chi connectivity index (χ4v) is 1.03. The van der Waals surface area contributed by atoms with Gasteiger partial charge in [-0.1, -0.05) is 6.08 Å². The Morgan fingerprint density at radius 1 is 1.67 bits per heavy atom. The summed E-state index contributed by atoms with van der Waals surface area (Å²) >= 11 is 0. The molecule has 0 unspecified atom stereocenters. The number of rotatable bonds is 2. The molecular formula is C7H12O2. The smallest absolute Gasteiger partial charge is 0.0826 e. The first kappa shape index (κ1) is 6.78. The maximum atomic E-state index is 9.15. The number of aliphatic hydroxyl groups excluding tert-OH is 1. The summed E-state index contributed by atoms with van der Waals surface area (Å²) in [7, 11) is 0. The summed E-state index contributed by atoms with van der Waals surface area (Å²) in [6.07, 6.45) is 2.42. The van der Waals surface area contributed by atoms with E-state index in [0.717, 1.165) is 6.42 Å². The molecule has 1 aliphatic heterocycles. The van der Waals surface area contributed by atoms with Crippen LogP contribution in [0.4, 0.5) is 0 Å². The van der Waals surface area contributed by atoms with Crippen LogP contribution in [0.5, 0.6) is 0 Å². The van der Waals surface area contributed by atoms with Crippen LogP contribution in [0.25, 0.3) is 0 Å². The molecule has 0 bridgehead atoms. The Kier molecular flexibility index (Phi) is 2.25. The van der Waals surface area contributed by atoms with Crippen molar-refractivity contribution in [2.24, 2.45) is 5.92 Å². The first-order valence-corrected chi connectivity index (χ1v) is 3.21. The number of hydrogen-bond acceptors (Lipinski definition) is 2. The second kappa shape index (κ2) is 2.99. The van der Waals surface area contributed by atoms with E-state index >= 15 is 0 Å². The van der Waals surface area contributed by atoms with E-state index < -0.39 is 0 Å². The number of allylic oxidation sites excluding steroid dienone is 1. The first-order valence-electron chi connectivity index (χ1n) is 3.21. The Morgan fingerprint density at radius 3 is 2.89 bits per heavy atom. The molecule has 2 heteroatoms. The minimum absolute atomic E-state index is 0.261. The zero-order valence-corrected chi connectivity index (χ0v) is 5.42. The lowest BCUT2D eigenvalue weighted by Gasteiger charge is -2.07. The molecule has 1 fully saturated rings. The Labute approximate surface area is 55.1 Å². The third kappa shape index (κ3) is 1.53. The molecule has 0 spiro atoms. The second-order valence-electron chi connectivity index (χ2n) is 2.39. The third-order valence-corrected chi connectivity index (χ3v) is 1.63. The van der Waals surface area contributed by atoms with Crippen molar-refractivity contribution < 1.29 is 9.84 Å². The minimum atomic E-state index is -0.261. The van der Waals surface area contributed by atoms with Crippen LogP contribution in [-0.4, -0.2) is 24.4 Å². The molecule has 1 saturated heterocycles. The van der Waals surface area contributed by atoms with Gasteiger partial charge in [-0.25, -0.2) is 0 Å². The highest BCUT2D eigenvalue weighted by Crippen LogP contribution is 2.16. The summed E-state index contributed by atoms with van der Waals surface area (Å²) in [5.41, 5.74) is 0. The molecule has 1 N–H and O–H groups in total. The molecule has 52 valence electrons. The molecule has 1 rings (SSSR count).